The summed E-state index contributed by atoms with van der Waals surface area (Å²) in [5, 5.41) is 2.94. The lowest BCUT2D eigenvalue weighted by atomic mass is 10.1. The molecule has 0 spiro atoms. The summed E-state index contributed by atoms with van der Waals surface area (Å²) < 4.78 is 0.747. The van der Waals surface area contributed by atoms with Crippen LogP contribution in [0, 0.1) is 6.92 Å². The number of aryl methyl sites for hydroxylation is 1. The van der Waals surface area contributed by atoms with Crippen LogP contribution in [0.5, 0.6) is 0 Å². The highest BCUT2D eigenvalue weighted by molar-refractivity contribution is 9.10. The molecule has 0 aliphatic carbocycles. The minimum absolute atomic E-state index is 0.00926. The Kier molecular flexibility index (Phi) is 4.54. The molecule has 5 heteroatoms. The van der Waals surface area contributed by atoms with Gasteiger partial charge in [-0.15, -0.1) is 0 Å². The standard InChI is InChI=1S/C22H17BrN2O2/c1-14-12-16(25-13-15-6-2-3-7-17(15)22(25)27)10-11-20(14)24-21(26)18-8-4-5-9-19(18)23/h2-12H,13H2,1H3,(H,24,26). The fourth-order valence-electron chi connectivity index (χ4n) is 3.25. The van der Waals surface area contributed by atoms with Crippen LogP contribution in [0.1, 0.15) is 31.8 Å². The summed E-state index contributed by atoms with van der Waals surface area (Å²) in [6.07, 6.45) is 0. The van der Waals surface area contributed by atoms with Gasteiger partial charge in [-0.3, -0.25) is 9.59 Å². The highest BCUT2D eigenvalue weighted by Gasteiger charge is 2.28. The average molecular weight is 421 g/mol. The predicted molar refractivity (Wildman–Crippen MR) is 110 cm³/mol. The minimum atomic E-state index is -0.178. The van der Waals surface area contributed by atoms with Gasteiger partial charge < -0.3 is 10.2 Å². The molecule has 3 aromatic rings. The van der Waals surface area contributed by atoms with Gasteiger partial charge in [0.05, 0.1) is 12.1 Å². The zero-order valence-corrected chi connectivity index (χ0v) is 16.3. The van der Waals surface area contributed by atoms with Crippen molar-refractivity contribution in [3.05, 3.63) is 93.5 Å². The van der Waals surface area contributed by atoms with E-state index < -0.39 is 0 Å². The first-order valence-corrected chi connectivity index (χ1v) is 9.40. The number of rotatable bonds is 3. The van der Waals surface area contributed by atoms with Crippen molar-refractivity contribution in [2.45, 2.75) is 13.5 Å². The third-order valence-electron chi connectivity index (χ3n) is 4.71. The molecule has 0 atom stereocenters. The Labute approximate surface area is 165 Å². The second kappa shape index (κ2) is 7.00. The van der Waals surface area contributed by atoms with E-state index in [1.165, 1.54) is 0 Å². The monoisotopic (exact) mass is 420 g/mol. The normalized spacial score (nSPS) is 12.8. The molecule has 0 saturated heterocycles. The van der Waals surface area contributed by atoms with E-state index in [1.807, 2.05) is 67.6 Å². The van der Waals surface area contributed by atoms with E-state index in [2.05, 4.69) is 21.2 Å². The minimum Gasteiger partial charge on any atom is -0.322 e. The van der Waals surface area contributed by atoms with Crippen molar-refractivity contribution in [3.63, 3.8) is 0 Å². The molecular weight excluding hydrogens is 404 g/mol. The van der Waals surface area contributed by atoms with Gasteiger partial charge in [-0.2, -0.15) is 0 Å². The Bertz CT molecular complexity index is 1060. The molecule has 0 fully saturated rings. The lowest BCUT2D eigenvalue weighted by molar-refractivity contribution is 0.0994. The number of anilines is 2. The van der Waals surface area contributed by atoms with Gasteiger partial charge in [-0.1, -0.05) is 30.3 Å². The molecule has 1 N–H and O–H groups in total. The first kappa shape index (κ1) is 17.5. The molecule has 2 amide bonds. The van der Waals surface area contributed by atoms with Crippen LogP contribution < -0.4 is 10.2 Å². The summed E-state index contributed by atoms with van der Waals surface area (Å²) in [6, 6.07) is 20.6. The van der Waals surface area contributed by atoms with Crippen molar-refractivity contribution in [2.24, 2.45) is 0 Å². The Morgan fingerprint density at radius 2 is 1.78 bits per heavy atom. The Balaban J connectivity index is 1.56. The third-order valence-corrected chi connectivity index (χ3v) is 5.40. The molecule has 0 aromatic heterocycles. The Morgan fingerprint density at radius 1 is 1.04 bits per heavy atom. The fourth-order valence-corrected chi connectivity index (χ4v) is 3.72. The summed E-state index contributed by atoms with van der Waals surface area (Å²) in [6.45, 7) is 2.49. The number of carbonyl (C=O) groups excluding carboxylic acids is 2. The largest absolute Gasteiger partial charge is 0.322 e. The molecule has 1 heterocycles. The van der Waals surface area contributed by atoms with Crippen LogP contribution in [0.3, 0.4) is 0 Å². The highest BCUT2D eigenvalue weighted by Crippen LogP contribution is 2.31. The van der Waals surface area contributed by atoms with Crippen LogP contribution >= 0.6 is 15.9 Å². The van der Waals surface area contributed by atoms with Crippen LogP contribution in [-0.2, 0) is 6.54 Å². The summed E-state index contributed by atoms with van der Waals surface area (Å²) in [5.74, 6) is -0.169. The van der Waals surface area contributed by atoms with Crippen molar-refractivity contribution < 1.29 is 9.59 Å². The maximum atomic E-state index is 12.6. The van der Waals surface area contributed by atoms with Gasteiger partial charge in [0.2, 0.25) is 0 Å². The van der Waals surface area contributed by atoms with Gasteiger partial charge in [0, 0.05) is 21.4 Å². The number of nitrogens with zero attached hydrogens (tertiary/aromatic N) is 1. The van der Waals surface area contributed by atoms with Crippen LogP contribution in [-0.4, -0.2) is 11.8 Å². The summed E-state index contributed by atoms with van der Waals surface area (Å²) >= 11 is 3.40. The molecule has 4 rings (SSSR count). The van der Waals surface area contributed by atoms with E-state index in [-0.39, 0.29) is 11.8 Å². The van der Waals surface area contributed by atoms with Gasteiger partial charge >= 0.3 is 0 Å². The molecule has 27 heavy (non-hydrogen) atoms. The summed E-state index contributed by atoms with van der Waals surface area (Å²) in [7, 11) is 0. The number of hydrogen-bond donors (Lipinski definition) is 1. The van der Waals surface area contributed by atoms with Crippen molar-refractivity contribution in [2.75, 3.05) is 10.2 Å². The van der Waals surface area contributed by atoms with E-state index in [0.717, 1.165) is 32.5 Å². The lowest BCUT2D eigenvalue weighted by Gasteiger charge is -2.18. The molecule has 1 aliphatic heterocycles. The molecule has 0 unspecified atom stereocenters. The first-order valence-electron chi connectivity index (χ1n) is 8.61. The molecule has 3 aromatic carbocycles. The van der Waals surface area contributed by atoms with Crippen molar-refractivity contribution in [1.29, 1.82) is 0 Å². The van der Waals surface area contributed by atoms with Crippen LogP contribution in [0.15, 0.2) is 71.2 Å². The number of fused-ring (bicyclic) bond motifs is 1. The molecular formula is C22H17BrN2O2. The topological polar surface area (TPSA) is 49.4 Å². The van der Waals surface area contributed by atoms with E-state index in [0.29, 0.717) is 12.1 Å². The number of benzene rings is 3. The maximum absolute atomic E-state index is 12.6. The van der Waals surface area contributed by atoms with Gasteiger partial charge in [0.1, 0.15) is 0 Å². The van der Waals surface area contributed by atoms with Gasteiger partial charge in [0.15, 0.2) is 0 Å². The molecule has 1 aliphatic rings. The number of nitrogens with one attached hydrogen (secondary N) is 1. The van der Waals surface area contributed by atoms with Crippen molar-refractivity contribution >= 4 is 39.1 Å². The second-order valence-corrected chi connectivity index (χ2v) is 7.34. The van der Waals surface area contributed by atoms with E-state index in [1.54, 1.807) is 11.0 Å². The summed E-state index contributed by atoms with van der Waals surface area (Å²) in [4.78, 5) is 26.9. The van der Waals surface area contributed by atoms with Crippen LogP contribution in [0.2, 0.25) is 0 Å². The molecule has 0 bridgehead atoms. The zero-order valence-electron chi connectivity index (χ0n) is 14.7. The number of amides is 2. The molecule has 0 radical (unpaired) electrons. The number of hydrogen-bond acceptors (Lipinski definition) is 2. The van der Waals surface area contributed by atoms with Crippen LogP contribution in [0.4, 0.5) is 11.4 Å². The predicted octanol–water partition coefficient (Wildman–Crippen LogP) is 5.17. The molecule has 0 saturated carbocycles. The third kappa shape index (κ3) is 3.26. The molecule has 4 nitrogen and oxygen atoms in total. The molecule has 134 valence electrons. The number of halogens is 1. The van der Waals surface area contributed by atoms with Gasteiger partial charge in [-0.05, 0) is 70.4 Å². The van der Waals surface area contributed by atoms with Crippen molar-refractivity contribution in [1.82, 2.24) is 0 Å². The SMILES string of the molecule is Cc1cc(N2Cc3ccccc3C2=O)ccc1NC(=O)c1ccccc1Br. The second-order valence-electron chi connectivity index (χ2n) is 6.48. The maximum Gasteiger partial charge on any atom is 0.258 e. The average Bonchev–Trinajstić information content (AvgIpc) is 3.01. The Hall–Kier alpha value is -2.92. The number of carbonyl (C=O) groups is 2. The smallest absolute Gasteiger partial charge is 0.258 e. The van der Waals surface area contributed by atoms with E-state index >= 15 is 0 Å². The highest BCUT2D eigenvalue weighted by atomic mass is 79.9. The zero-order chi connectivity index (χ0) is 19.0. The van der Waals surface area contributed by atoms with E-state index in [4.69, 9.17) is 0 Å². The Morgan fingerprint density at radius 3 is 2.52 bits per heavy atom. The summed E-state index contributed by atoms with van der Waals surface area (Å²) in [5.41, 5.74) is 4.81. The van der Waals surface area contributed by atoms with Crippen molar-refractivity contribution in [3.8, 4) is 0 Å². The quantitative estimate of drug-likeness (QED) is 0.635. The lowest BCUT2D eigenvalue weighted by Crippen LogP contribution is -2.23. The van der Waals surface area contributed by atoms with Gasteiger partial charge in [-0.25, -0.2) is 0 Å². The van der Waals surface area contributed by atoms with E-state index in [9.17, 15) is 9.59 Å². The van der Waals surface area contributed by atoms with Crippen LogP contribution in [0.25, 0.3) is 0 Å². The first-order chi connectivity index (χ1) is 13.0. The van der Waals surface area contributed by atoms with Gasteiger partial charge in [0.25, 0.3) is 11.8 Å². The fraction of sp³-hybridized carbons (Fsp3) is 0.0909.